The smallest absolute Gasteiger partial charge is 0.0664 e. The molecule has 50 valence electrons. The van der Waals surface area contributed by atoms with E-state index >= 15 is 0 Å². The minimum atomic E-state index is 0. The first-order chi connectivity index (χ1) is 3.18. The van der Waals surface area contributed by atoms with Gasteiger partial charge in [0.25, 0.3) is 0 Å². The van der Waals surface area contributed by atoms with Gasteiger partial charge in [-0.15, -0.1) is 24.2 Å². The van der Waals surface area contributed by atoms with Gasteiger partial charge in [0.05, 0.1) is 5.04 Å². The lowest BCUT2D eigenvalue weighted by Gasteiger charge is -1.99. The maximum atomic E-state index is 7.16. The minimum Gasteiger partial charge on any atom is -0.298 e. The van der Waals surface area contributed by atoms with Crippen molar-refractivity contribution in [3.63, 3.8) is 0 Å². The molecule has 0 atom stereocenters. The zero-order valence-electron chi connectivity index (χ0n) is 5.39. The van der Waals surface area contributed by atoms with Gasteiger partial charge < -0.3 is 0 Å². The van der Waals surface area contributed by atoms with Crippen molar-refractivity contribution in [2.24, 2.45) is 5.92 Å². The molecule has 0 aliphatic heterocycles. The van der Waals surface area contributed by atoms with Gasteiger partial charge in [0, 0.05) is 5.92 Å². The third kappa shape index (κ3) is 4.47. The normalized spacial score (nSPS) is 8.50. The Balaban J connectivity index is 0. The van der Waals surface area contributed by atoms with Gasteiger partial charge in [0.2, 0.25) is 0 Å². The van der Waals surface area contributed by atoms with Crippen LogP contribution in [0.25, 0.3) is 0 Å². The van der Waals surface area contributed by atoms with E-state index in [1.165, 1.54) is 11.8 Å². The fraction of sp³-hybridized carbons (Fsp3) is 0.800. The van der Waals surface area contributed by atoms with Crippen LogP contribution in [0, 0.1) is 11.3 Å². The molecule has 0 bridgehead atoms. The topological polar surface area (TPSA) is 23.9 Å². The first-order valence-electron chi connectivity index (χ1n) is 2.31. The molecule has 0 unspecified atom stereocenters. The highest BCUT2D eigenvalue weighted by Crippen LogP contribution is 2.05. The summed E-state index contributed by atoms with van der Waals surface area (Å²) in [5, 5.41) is 7.92. The van der Waals surface area contributed by atoms with Crippen molar-refractivity contribution >= 4 is 29.2 Å². The van der Waals surface area contributed by atoms with Crippen LogP contribution in [-0.4, -0.2) is 11.3 Å². The van der Waals surface area contributed by atoms with Crippen LogP contribution in [0.5, 0.6) is 0 Å². The van der Waals surface area contributed by atoms with Gasteiger partial charge in [-0.2, -0.15) is 0 Å². The van der Waals surface area contributed by atoms with E-state index in [0.717, 1.165) is 5.04 Å². The standard InChI is InChI=1S/C5H11NS.ClH/c1-4(2)5(6)7-3;/h4,6H,1-3H3;1H. The largest absolute Gasteiger partial charge is 0.298 e. The molecule has 0 aromatic rings. The fourth-order valence-corrected chi connectivity index (χ4v) is 0.707. The molecule has 0 heterocycles. The summed E-state index contributed by atoms with van der Waals surface area (Å²) in [5.41, 5.74) is 0. The Labute approximate surface area is 61.2 Å². The van der Waals surface area contributed by atoms with E-state index in [-0.39, 0.29) is 12.4 Å². The molecular weight excluding hydrogens is 142 g/mol. The number of hydrogen-bond donors (Lipinski definition) is 1. The van der Waals surface area contributed by atoms with Gasteiger partial charge in [-0.1, -0.05) is 13.8 Å². The fourth-order valence-electron chi connectivity index (χ4n) is 0.236. The second-order valence-electron chi connectivity index (χ2n) is 1.72. The van der Waals surface area contributed by atoms with Crippen LogP contribution >= 0.6 is 24.2 Å². The lowest BCUT2D eigenvalue weighted by atomic mass is 10.2. The number of rotatable bonds is 1. The maximum Gasteiger partial charge on any atom is 0.0664 e. The Morgan fingerprint density at radius 3 is 1.88 bits per heavy atom. The third-order valence-electron chi connectivity index (χ3n) is 0.744. The highest BCUT2D eigenvalue weighted by Gasteiger charge is 1.96. The monoisotopic (exact) mass is 153 g/mol. The molecule has 3 heteroatoms. The summed E-state index contributed by atoms with van der Waals surface area (Å²) >= 11 is 1.52. The van der Waals surface area contributed by atoms with Crippen LogP contribution in [0.1, 0.15) is 13.8 Å². The maximum absolute atomic E-state index is 7.16. The molecule has 0 aliphatic rings. The van der Waals surface area contributed by atoms with Crippen molar-refractivity contribution < 1.29 is 0 Å². The molecule has 0 saturated heterocycles. The highest BCUT2D eigenvalue weighted by atomic mass is 35.5. The van der Waals surface area contributed by atoms with E-state index in [1.54, 1.807) is 0 Å². The van der Waals surface area contributed by atoms with Crippen LogP contribution in [0.2, 0.25) is 0 Å². The summed E-state index contributed by atoms with van der Waals surface area (Å²) in [5.74, 6) is 0.412. The van der Waals surface area contributed by atoms with Crippen molar-refractivity contribution in [3.05, 3.63) is 0 Å². The summed E-state index contributed by atoms with van der Waals surface area (Å²) in [7, 11) is 0. The predicted octanol–water partition coefficient (Wildman–Crippen LogP) is 2.40. The van der Waals surface area contributed by atoms with Gasteiger partial charge in [0.1, 0.15) is 0 Å². The van der Waals surface area contributed by atoms with Crippen LogP contribution in [0.3, 0.4) is 0 Å². The molecule has 0 aromatic heterocycles. The van der Waals surface area contributed by atoms with Crippen LogP contribution < -0.4 is 0 Å². The van der Waals surface area contributed by atoms with Gasteiger partial charge in [-0.05, 0) is 6.26 Å². The molecule has 0 rings (SSSR count). The average Bonchev–Trinajstić information content (AvgIpc) is 1.65. The second-order valence-corrected chi connectivity index (χ2v) is 2.57. The van der Waals surface area contributed by atoms with Crippen molar-refractivity contribution in [2.75, 3.05) is 6.26 Å². The molecule has 0 radical (unpaired) electrons. The Morgan fingerprint density at radius 1 is 1.50 bits per heavy atom. The Bertz CT molecular complexity index is 72.8. The zero-order valence-corrected chi connectivity index (χ0v) is 7.03. The highest BCUT2D eigenvalue weighted by molar-refractivity contribution is 8.13. The third-order valence-corrected chi connectivity index (χ3v) is 1.66. The Kier molecular flexibility index (Phi) is 7.59. The summed E-state index contributed by atoms with van der Waals surface area (Å²) in [4.78, 5) is 0. The molecule has 0 spiro atoms. The number of thioether (sulfide) groups is 1. The predicted molar refractivity (Wildman–Crippen MR) is 43.3 cm³/mol. The molecule has 1 N–H and O–H groups in total. The Morgan fingerprint density at radius 2 is 1.88 bits per heavy atom. The SMILES string of the molecule is CSC(=N)C(C)C.Cl. The van der Waals surface area contributed by atoms with Crippen molar-refractivity contribution in [1.29, 1.82) is 5.41 Å². The van der Waals surface area contributed by atoms with E-state index in [0.29, 0.717) is 5.92 Å². The van der Waals surface area contributed by atoms with Crippen molar-refractivity contribution in [1.82, 2.24) is 0 Å². The molecule has 0 aromatic carbocycles. The van der Waals surface area contributed by atoms with Crippen LogP contribution in [0.4, 0.5) is 0 Å². The summed E-state index contributed by atoms with van der Waals surface area (Å²) in [6.07, 6.45) is 1.93. The van der Waals surface area contributed by atoms with Gasteiger partial charge in [-0.25, -0.2) is 0 Å². The molecule has 0 aliphatic carbocycles. The van der Waals surface area contributed by atoms with E-state index in [4.69, 9.17) is 5.41 Å². The molecule has 1 nitrogen and oxygen atoms in total. The first-order valence-corrected chi connectivity index (χ1v) is 3.53. The van der Waals surface area contributed by atoms with Crippen LogP contribution in [-0.2, 0) is 0 Å². The zero-order chi connectivity index (χ0) is 5.86. The minimum absolute atomic E-state index is 0. The quantitative estimate of drug-likeness (QED) is 0.454. The van der Waals surface area contributed by atoms with Gasteiger partial charge in [-0.3, -0.25) is 5.41 Å². The number of halogens is 1. The van der Waals surface area contributed by atoms with Crippen molar-refractivity contribution in [3.8, 4) is 0 Å². The summed E-state index contributed by atoms with van der Waals surface area (Å²) < 4.78 is 0. The Hall–Kier alpha value is 0.310. The van der Waals surface area contributed by atoms with Crippen LogP contribution in [0.15, 0.2) is 0 Å². The van der Waals surface area contributed by atoms with E-state index in [1.807, 2.05) is 20.1 Å². The van der Waals surface area contributed by atoms with E-state index in [2.05, 4.69) is 0 Å². The average molecular weight is 154 g/mol. The van der Waals surface area contributed by atoms with Gasteiger partial charge in [0.15, 0.2) is 0 Å². The number of nitrogens with one attached hydrogen (secondary N) is 1. The first kappa shape index (κ1) is 11.2. The molecule has 0 amide bonds. The van der Waals surface area contributed by atoms with E-state index < -0.39 is 0 Å². The van der Waals surface area contributed by atoms with Crippen molar-refractivity contribution in [2.45, 2.75) is 13.8 Å². The molecule has 0 fully saturated rings. The van der Waals surface area contributed by atoms with E-state index in [9.17, 15) is 0 Å². The van der Waals surface area contributed by atoms with Gasteiger partial charge >= 0.3 is 0 Å². The second kappa shape index (κ2) is 5.45. The lowest BCUT2D eigenvalue weighted by Crippen LogP contribution is -1.97. The molecular formula is C5H12ClNS. The lowest BCUT2D eigenvalue weighted by molar-refractivity contribution is 0.894. The summed E-state index contributed by atoms with van der Waals surface area (Å²) in [6.45, 7) is 4.05. The molecule has 8 heavy (non-hydrogen) atoms. The number of hydrogen-bond acceptors (Lipinski definition) is 2. The summed E-state index contributed by atoms with van der Waals surface area (Å²) in [6, 6.07) is 0. The molecule has 0 saturated carbocycles.